The van der Waals surface area contributed by atoms with Gasteiger partial charge < -0.3 is 9.73 Å². The van der Waals surface area contributed by atoms with E-state index in [4.69, 9.17) is 4.42 Å². The summed E-state index contributed by atoms with van der Waals surface area (Å²) < 4.78 is 6.53. The average molecular weight is 262 g/mol. The van der Waals surface area contributed by atoms with Crippen molar-refractivity contribution in [1.29, 1.82) is 0 Å². The lowest BCUT2D eigenvalue weighted by Crippen LogP contribution is -2.24. The number of carbonyl (C=O) groups is 1. The minimum atomic E-state index is -0.368. The summed E-state index contributed by atoms with van der Waals surface area (Å²) in [4.78, 5) is 22.9. The zero-order valence-electron chi connectivity index (χ0n) is 11.2. The Morgan fingerprint density at radius 1 is 1.42 bits per heavy atom. The van der Waals surface area contributed by atoms with Gasteiger partial charge in [0.05, 0.1) is 5.52 Å². The Kier molecular flexibility index (Phi) is 4.04. The third-order valence-corrected chi connectivity index (χ3v) is 3.07. The monoisotopic (exact) mass is 262 g/mol. The van der Waals surface area contributed by atoms with Crippen LogP contribution in [0.15, 0.2) is 27.4 Å². The van der Waals surface area contributed by atoms with Crippen LogP contribution >= 0.6 is 0 Å². The van der Waals surface area contributed by atoms with Gasteiger partial charge in [0.25, 0.3) is 0 Å². The van der Waals surface area contributed by atoms with Crippen LogP contribution in [0.4, 0.5) is 0 Å². The molecule has 1 heterocycles. The highest BCUT2D eigenvalue weighted by Crippen LogP contribution is 2.15. The molecule has 0 radical (unpaired) electrons. The molecule has 1 aromatic carbocycles. The van der Waals surface area contributed by atoms with Crippen molar-refractivity contribution in [2.75, 3.05) is 6.54 Å². The Labute approximate surface area is 111 Å². The van der Waals surface area contributed by atoms with E-state index in [1.165, 1.54) is 4.57 Å². The van der Waals surface area contributed by atoms with Gasteiger partial charge in [0.1, 0.15) is 0 Å². The molecule has 2 aromatic rings. The minimum Gasteiger partial charge on any atom is -0.408 e. The third-order valence-electron chi connectivity index (χ3n) is 3.07. The first-order valence-corrected chi connectivity index (χ1v) is 6.47. The van der Waals surface area contributed by atoms with Crippen LogP contribution in [0.1, 0.15) is 25.3 Å². The summed E-state index contributed by atoms with van der Waals surface area (Å²) in [5.41, 5.74) is 2.36. The van der Waals surface area contributed by atoms with Crippen molar-refractivity contribution in [3.63, 3.8) is 0 Å². The van der Waals surface area contributed by atoms with E-state index in [9.17, 15) is 9.59 Å². The average Bonchev–Trinajstić information content (AvgIpc) is 2.69. The van der Waals surface area contributed by atoms with Crippen molar-refractivity contribution >= 4 is 17.0 Å². The Bertz CT molecular complexity index is 640. The number of hydrogen-bond donors (Lipinski definition) is 1. The van der Waals surface area contributed by atoms with E-state index in [2.05, 4.69) is 5.32 Å². The molecule has 1 aromatic heterocycles. The molecule has 0 saturated heterocycles. The van der Waals surface area contributed by atoms with E-state index >= 15 is 0 Å². The van der Waals surface area contributed by atoms with Crippen molar-refractivity contribution < 1.29 is 9.21 Å². The number of aromatic nitrogens is 1. The number of benzene rings is 1. The fraction of sp³-hybridized carbons (Fsp3) is 0.429. The lowest BCUT2D eigenvalue weighted by atomic mass is 10.1. The van der Waals surface area contributed by atoms with Crippen molar-refractivity contribution in [1.82, 2.24) is 9.88 Å². The molecule has 0 saturated carbocycles. The summed E-state index contributed by atoms with van der Waals surface area (Å²) >= 11 is 0. The van der Waals surface area contributed by atoms with Crippen LogP contribution in [-0.2, 0) is 18.3 Å². The minimum absolute atomic E-state index is 0.0584. The third kappa shape index (κ3) is 3.05. The topological polar surface area (TPSA) is 64.2 Å². The maximum Gasteiger partial charge on any atom is 0.419 e. The van der Waals surface area contributed by atoms with Crippen molar-refractivity contribution in [2.45, 2.75) is 26.2 Å². The first-order valence-electron chi connectivity index (χ1n) is 6.47. The van der Waals surface area contributed by atoms with Gasteiger partial charge >= 0.3 is 5.76 Å². The van der Waals surface area contributed by atoms with Crippen molar-refractivity contribution in [3.8, 4) is 0 Å². The fourth-order valence-electron chi connectivity index (χ4n) is 1.94. The van der Waals surface area contributed by atoms with Gasteiger partial charge in [-0.3, -0.25) is 9.36 Å². The molecule has 1 N–H and O–H groups in total. The maximum atomic E-state index is 11.5. The molecule has 5 heteroatoms. The van der Waals surface area contributed by atoms with Crippen molar-refractivity contribution in [3.05, 3.63) is 34.3 Å². The van der Waals surface area contributed by atoms with Gasteiger partial charge in [-0.2, -0.15) is 0 Å². The molecule has 102 valence electrons. The Balaban J connectivity index is 2.07. The molecular weight excluding hydrogens is 244 g/mol. The van der Waals surface area contributed by atoms with Gasteiger partial charge in [0.2, 0.25) is 5.91 Å². The Morgan fingerprint density at radius 3 is 2.95 bits per heavy atom. The number of rotatable bonds is 5. The van der Waals surface area contributed by atoms with Gasteiger partial charge in [0.15, 0.2) is 5.58 Å². The van der Waals surface area contributed by atoms with E-state index in [1.807, 2.05) is 19.1 Å². The van der Waals surface area contributed by atoms with Crippen LogP contribution in [0.2, 0.25) is 0 Å². The zero-order chi connectivity index (χ0) is 13.8. The highest BCUT2D eigenvalue weighted by Gasteiger charge is 2.07. The number of hydrogen-bond acceptors (Lipinski definition) is 3. The standard InChI is InChI=1S/C14H18N2O3/c1-3-8-15-13(17)7-5-10-4-6-12-11(9-10)16(2)14(18)19-12/h4,6,9H,3,5,7-8H2,1-2H3,(H,15,17). The molecule has 0 aliphatic carbocycles. The van der Waals surface area contributed by atoms with Gasteiger partial charge in [-0.05, 0) is 30.5 Å². The van der Waals surface area contributed by atoms with Gasteiger partial charge in [0, 0.05) is 20.0 Å². The van der Waals surface area contributed by atoms with Gasteiger partial charge in [-0.25, -0.2) is 4.79 Å². The number of aryl methyl sites for hydroxylation is 2. The molecule has 2 rings (SSSR count). The predicted molar refractivity (Wildman–Crippen MR) is 73.1 cm³/mol. The molecule has 1 amide bonds. The molecule has 19 heavy (non-hydrogen) atoms. The second kappa shape index (κ2) is 5.73. The molecule has 0 atom stereocenters. The first-order chi connectivity index (χ1) is 9.11. The largest absolute Gasteiger partial charge is 0.419 e. The molecule has 5 nitrogen and oxygen atoms in total. The number of oxazole rings is 1. The van der Waals surface area contributed by atoms with E-state index in [1.54, 1.807) is 13.1 Å². The number of fused-ring (bicyclic) bond motifs is 1. The predicted octanol–water partition coefficient (Wildman–Crippen LogP) is 1.59. The highest BCUT2D eigenvalue weighted by molar-refractivity contribution is 5.77. The normalized spacial score (nSPS) is 10.8. The van der Waals surface area contributed by atoms with Crippen LogP contribution in [0.5, 0.6) is 0 Å². The van der Waals surface area contributed by atoms with Crippen LogP contribution in [0.25, 0.3) is 11.1 Å². The smallest absolute Gasteiger partial charge is 0.408 e. The first kappa shape index (κ1) is 13.4. The number of amides is 1. The summed E-state index contributed by atoms with van der Waals surface area (Å²) in [7, 11) is 1.67. The quantitative estimate of drug-likeness (QED) is 0.890. The second-order valence-electron chi connectivity index (χ2n) is 4.58. The SMILES string of the molecule is CCCNC(=O)CCc1ccc2oc(=O)n(C)c2c1. The number of carbonyl (C=O) groups excluding carboxylic acids is 1. The maximum absolute atomic E-state index is 11.5. The van der Waals surface area contributed by atoms with E-state index in [0.29, 0.717) is 25.0 Å². The molecule has 0 unspecified atom stereocenters. The summed E-state index contributed by atoms with van der Waals surface area (Å²) in [6, 6.07) is 5.56. The Hall–Kier alpha value is -2.04. The van der Waals surface area contributed by atoms with E-state index in [0.717, 1.165) is 17.5 Å². The zero-order valence-corrected chi connectivity index (χ0v) is 11.2. The highest BCUT2D eigenvalue weighted by atomic mass is 16.4. The molecule has 0 aliphatic heterocycles. The summed E-state index contributed by atoms with van der Waals surface area (Å²) in [5.74, 6) is -0.309. The van der Waals surface area contributed by atoms with Crippen LogP contribution in [-0.4, -0.2) is 17.0 Å². The summed E-state index contributed by atoms with van der Waals surface area (Å²) in [6.07, 6.45) is 2.05. The lowest BCUT2D eigenvalue weighted by Gasteiger charge is -2.04. The van der Waals surface area contributed by atoms with Gasteiger partial charge in [-0.1, -0.05) is 13.0 Å². The van der Waals surface area contributed by atoms with Crippen LogP contribution in [0, 0.1) is 0 Å². The Morgan fingerprint density at radius 2 is 2.21 bits per heavy atom. The van der Waals surface area contributed by atoms with E-state index < -0.39 is 0 Å². The molecule has 0 aliphatic rings. The fourth-order valence-corrected chi connectivity index (χ4v) is 1.94. The molecule has 0 fully saturated rings. The van der Waals surface area contributed by atoms with Gasteiger partial charge in [-0.15, -0.1) is 0 Å². The molecular formula is C14H18N2O3. The second-order valence-corrected chi connectivity index (χ2v) is 4.58. The molecule has 0 spiro atoms. The number of nitrogens with one attached hydrogen (secondary N) is 1. The van der Waals surface area contributed by atoms with Crippen LogP contribution < -0.4 is 11.1 Å². The summed E-state index contributed by atoms with van der Waals surface area (Å²) in [6.45, 7) is 2.74. The molecule has 0 bridgehead atoms. The number of nitrogens with zero attached hydrogens (tertiary/aromatic N) is 1. The van der Waals surface area contributed by atoms with E-state index in [-0.39, 0.29) is 11.7 Å². The lowest BCUT2D eigenvalue weighted by molar-refractivity contribution is -0.121. The van der Waals surface area contributed by atoms with Crippen molar-refractivity contribution in [2.24, 2.45) is 7.05 Å². The van der Waals surface area contributed by atoms with Crippen LogP contribution in [0.3, 0.4) is 0 Å². The summed E-state index contributed by atoms with van der Waals surface area (Å²) in [5, 5.41) is 2.84.